The Kier molecular flexibility index (Phi) is 6.54. The number of methoxy groups -OCH3 is 1. The molecule has 3 atom stereocenters. The summed E-state index contributed by atoms with van der Waals surface area (Å²) in [4.78, 5) is 12.0. The fourth-order valence-corrected chi connectivity index (χ4v) is 5.09. The number of nitrogens with one attached hydrogen (secondary N) is 2. The van der Waals surface area contributed by atoms with Crippen molar-refractivity contribution in [1.82, 2.24) is 10.6 Å². The quantitative estimate of drug-likeness (QED) is 0.672. The van der Waals surface area contributed by atoms with Crippen LogP contribution in [0.25, 0.3) is 0 Å². The molecule has 0 heterocycles. The largest absolute Gasteiger partial charge is 0.465 e. The standard InChI is InChI=1S/C23H33F3N2O2/c1-21(2,3)12-28-22(13-27-14-23(24,25)26)18-7-8-19(22)11-17-9-16(20(29)30-4)6-5-15(17)10-18/h5-6,9,18-19,27-28H,7-8,10-14H2,1-4H3/t18-,19+,22-/m1/s1. The number of hydrogen-bond donors (Lipinski definition) is 2. The minimum absolute atomic E-state index is 0.0215. The third-order valence-electron chi connectivity index (χ3n) is 6.57. The third-order valence-corrected chi connectivity index (χ3v) is 6.57. The van der Waals surface area contributed by atoms with E-state index in [0.717, 1.165) is 37.8 Å². The summed E-state index contributed by atoms with van der Waals surface area (Å²) < 4.78 is 43.4. The average Bonchev–Trinajstić information content (AvgIpc) is 2.88. The second kappa shape index (κ2) is 8.50. The molecule has 2 N–H and O–H groups in total. The van der Waals surface area contributed by atoms with Crippen molar-refractivity contribution in [3.05, 3.63) is 34.9 Å². The molecule has 2 aliphatic carbocycles. The van der Waals surface area contributed by atoms with Crippen LogP contribution in [0.15, 0.2) is 18.2 Å². The predicted molar refractivity (Wildman–Crippen MR) is 111 cm³/mol. The van der Waals surface area contributed by atoms with Gasteiger partial charge in [-0.3, -0.25) is 0 Å². The van der Waals surface area contributed by atoms with Crippen LogP contribution < -0.4 is 10.6 Å². The lowest BCUT2D eigenvalue weighted by Gasteiger charge is -2.42. The van der Waals surface area contributed by atoms with Gasteiger partial charge in [0.15, 0.2) is 0 Å². The summed E-state index contributed by atoms with van der Waals surface area (Å²) >= 11 is 0. The zero-order chi connectivity index (χ0) is 22.2. The minimum Gasteiger partial charge on any atom is -0.465 e. The summed E-state index contributed by atoms with van der Waals surface area (Å²) in [7, 11) is 1.36. The van der Waals surface area contributed by atoms with Gasteiger partial charge in [-0.05, 0) is 66.2 Å². The fraction of sp³-hybridized carbons (Fsp3) is 0.696. The van der Waals surface area contributed by atoms with Gasteiger partial charge in [-0.25, -0.2) is 4.79 Å². The van der Waals surface area contributed by atoms with Gasteiger partial charge in [0.05, 0.1) is 19.2 Å². The molecule has 4 nitrogen and oxygen atoms in total. The van der Waals surface area contributed by atoms with Gasteiger partial charge in [-0.15, -0.1) is 0 Å². The summed E-state index contributed by atoms with van der Waals surface area (Å²) in [6, 6.07) is 5.68. The maximum absolute atomic E-state index is 12.8. The minimum atomic E-state index is -4.23. The number of halogens is 3. The molecule has 168 valence electrons. The van der Waals surface area contributed by atoms with E-state index in [1.54, 1.807) is 6.07 Å². The maximum Gasteiger partial charge on any atom is 0.401 e. The zero-order valence-electron chi connectivity index (χ0n) is 18.3. The van der Waals surface area contributed by atoms with Crippen LogP contribution in [0.5, 0.6) is 0 Å². The van der Waals surface area contributed by atoms with E-state index in [0.29, 0.717) is 5.56 Å². The molecule has 7 heteroatoms. The molecule has 1 saturated carbocycles. The summed E-state index contributed by atoms with van der Waals surface area (Å²) in [6.45, 7) is 6.44. The van der Waals surface area contributed by atoms with E-state index in [1.807, 2.05) is 12.1 Å². The molecule has 0 unspecified atom stereocenters. The van der Waals surface area contributed by atoms with Gasteiger partial charge in [-0.2, -0.15) is 13.2 Å². The number of benzene rings is 1. The highest BCUT2D eigenvalue weighted by Crippen LogP contribution is 2.47. The number of ether oxygens (including phenoxy) is 1. The van der Waals surface area contributed by atoms with Gasteiger partial charge in [0.1, 0.15) is 0 Å². The van der Waals surface area contributed by atoms with E-state index in [-0.39, 0.29) is 29.8 Å². The molecule has 0 radical (unpaired) electrons. The van der Waals surface area contributed by atoms with Gasteiger partial charge in [0.2, 0.25) is 0 Å². The van der Waals surface area contributed by atoms with Crippen LogP contribution in [-0.4, -0.2) is 44.4 Å². The van der Waals surface area contributed by atoms with Crippen molar-refractivity contribution in [3.63, 3.8) is 0 Å². The fourth-order valence-electron chi connectivity index (χ4n) is 5.09. The summed E-state index contributed by atoms with van der Waals surface area (Å²) in [5.41, 5.74) is 2.45. The van der Waals surface area contributed by atoms with E-state index < -0.39 is 18.3 Å². The number of carbonyl (C=O) groups excluding carboxylic acids is 1. The third kappa shape index (κ3) is 5.17. The van der Waals surface area contributed by atoms with Gasteiger partial charge >= 0.3 is 12.1 Å². The van der Waals surface area contributed by atoms with Crippen molar-refractivity contribution in [2.45, 2.75) is 58.2 Å². The van der Waals surface area contributed by atoms with Crippen molar-refractivity contribution in [2.75, 3.05) is 26.7 Å². The normalized spacial score (nSPS) is 26.2. The van der Waals surface area contributed by atoms with Crippen molar-refractivity contribution in [2.24, 2.45) is 17.3 Å². The second-order valence-corrected chi connectivity index (χ2v) is 10.0. The highest BCUT2D eigenvalue weighted by Gasteiger charge is 2.51. The Bertz CT molecular complexity index is 773. The number of fused-ring (bicyclic) bond motifs is 3. The second-order valence-electron chi connectivity index (χ2n) is 10.0. The lowest BCUT2D eigenvalue weighted by Crippen LogP contribution is -2.61. The smallest absolute Gasteiger partial charge is 0.401 e. The molecule has 2 aliphatic rings. The predicted octanol–water partition coefficient (Wildman–Crippen LogP) is 4.12. The summed E-state index contributed by atoms with van der Waals surface area (Å²) in [5, 5.41) is 6.43. The van der Waals surface area contributed by atoms with Crippen LogP contribution in [0.3, 0.4) is 0 Å². The average molecular weight is 427 g/mol. The van der Waals surface area contributed by atoms with Crippen LogP contribution in [0.1, 0.15) is 55.1 Å². The maximum atomic E-state index is 12.8. The molecule has 3 rings (SSSR count). The van der Waals surface area contributed by atoms with Gasteiger partial charge in [0.25, 0.3) is 0 Å². The Morgan fingerprint density at radius 3 is 2.30 bits per heavy atom. The van der Waals surface area contributed by atoms with Crippen LogP contribution in [-0.2, 0) is 17.6 Å². The van der Waals surface area contributed by atoms with Gasteiger partial charge in [0, 0.05) is 18.6 Å². The molecular weight excluding hydrogens is 393 g/mol. The van der Waals surface area contributed by atoms with Gasteiger partial charge < -0.3 is 15.4 Å². The lowest BCUT2D eigenvalue weighted by atomic mass is 9.77. The lowest BCUT2D eigenvalue weighted by molar-refractivity contribution is -0.125. The molecule has 30 heavy (non-hydrogen) atoms. The number of rotatable bonds is 6. The monoisotopic (exact) mass is 426 g/mol. The first kappa shape index (κ1) is 23.1. The molecule has 0 aromatic heterocycles. The van der Waals surface area contributed by atoms with E-state index in [9.17, 15) is 18.0 Å². The van der Waals surface area contributed by atoms with E-state index in [1.165, 1.54) is 12.7 Å². The molecular formula is C23H33F3N2O2. The Balaban J connectivity index is 1.89. The number of esters is 1. The number of alkyl halides is 3. The Labute approximate surface area is 176 Å². The molecule has 0 amide bonds. The highest BCUT2D eigenvalue weighted by molar-refractivity contribution is 5.89. The Hall–Kier alpha value is -1.60. The summed E-state index contributed by atoms with van der Waals surface area (Å²) in [5.74, 6) is 0.0895. The molecule has 2 bridgehead atoms. The van der Waals surface area contributed by atoms with Gasteiger partial charge in [-0.1, -0.05) is 26.8 Å². The van der Waals surface area contributed by atoms with Crippen molar-refractivity contribution in [1.29, 1.82) is 0 Å². The molecule has 1 aromatic rings. The zero-order valence-corrected chi connectivity index (χ0v) is 18.3. The molecule has 0 spiro atoms. The first-order chi connectivity index (χ1) is 13.9. The Morgan fingerprint density at radius 1 is 1.10 bits per heavy atom. The SMILES string of the molecule is COC(=O)c1ccc2c(c1)C[C@@H]1CC[C@H](C2)[C@@]1(CNCC(F)(F)F)NCC(C)(C)C. The number of carbonyl (C=O) groups is 1. The molecule has 1 aromatic carbocycles. The van der Waals surface area contributed by atoms with Crippen molar-refractivity contribution in [3.8, 4) is 0 Å². The van der Waals surface area contributed by atoms with E-state index in [2.05, 4.69) is 31.4 Å². The number of hydrogen-bond acceptors (Lipinski definition) is 4. The van der Waals surface area contributed by atoms with E-state index in [4.69, 9.17) is 4.74 Å². The van der Waals surface area contributed by atoms with Crippen molar-refractivity contribution >= 4 is 5.97 Å². The van der Waals surface area contributed by atoms with Crippen LogP contribution in [0.4, 0.5) is 13.2 Å². The van der Waals surface area contributed by atoms with E-state index >= 15 is 0 Å². The van der Waals surface area contributed by atoms with Crippen molar-refractivity contribution < 1.29 is 22.7 Å². The summed E-state index contributed by atoms with van der Waals surface area (Å²) in [6.07, 6.45) is -0.710. The molecule has 0 aliphatic heterocycles. The van der Waals surface area contributed by atoms with Crippen LogP contribution in [0.2, 0.25) is 0 Å². The molecule has 1 fully saturated rings. The highest BCUT2D eigenvalue weighted by atomic mass is 19.4. The van der Waals surface area contributed by atoms with Crippen LogP contribution in [0, 0.1) is 17.3 Å². The Morgan fingerprint density at radius 2 is 1.73 bits per heavy atom. The first-order valence-corrected chi connectivity index (χ1v) is 10.7. The molecule has 0 saturated heterocycles. The first-order valence-electron chi connectivity index (χ1n) is 10.7. The van der Waals surface area contributed by atoms with Crippen LogP contribution >= 0.6 is 0 Å². The topological polar surface area (TPSA) is 50.4 Å².